The highest BCUT2D eigenvalue weighted by Crippen LogP contribution is 2.38. The van der Waals surface area contributed by atoms with Gasteiger partial charge in [0.25, 0.3) is 0 Å². The number of nitrogens with one attached hydrogen (secondary N) is 1. The highest BCUT2D eigenvalue weighted by atomic mass is 16.5. The van der Waals surface area contributed by atoms with Gasteiger partial charge >= 0.3 is 0 Å². The topological polar surface area (TPSA) is 39.7 Å². The summed E-state index contributed by atoms with van der Waals surface area (Å²) >= 11 is 0. The van der Waals surface area contributed by atoms with Gasteiger partial charge < -0.3 is 19.5 Å². The predicted molar refractivity (Wildman–Crippen MR) is 58.9 cm³/mol. The predicted octanol–water partition coefficient (Wildman–Crippen LogP) is 1.43. The minimum atomic E-state index is 0.625. The molecular weight excluding hydrogens is 194 g/mol. The number of ether oxygens (including phenoxy) is 3. The Morgan fingerprint density at radius 1 is 1.00 bits per heavy atom. The van der Waals surface area contributed by atoms with E-state index in [1.165, 1.54) is 0 Å². The Morgan fingerprint density at radius 3 is 1.87 bits per heavy atom. The number of benzene rings is 1. The number of methoxy groups -OCH3 is 3. The fourth-order valence-electron chi connectivity index (χ4n) is 1.44. The van der Waals surface area contributed by atoms with Crippen molar-refractivity contribution in [2.75, 3.05) is 28.4 Å². The van der Waals surface area contributed by atoms with Crippen molar-refractivity contribution in [2.45, 2.75) is 6.54 Å². The molecule has 0 spiro atoms. The summed E-state index contributed by atoms with van der Waals surface area (Å²) in [5, 5.41) is 3.07. The second-order valence-corrected chi connectivity index (χ2v) is 3.06. The van der Waals surface area contributed by atoms with E-state index in [-0.39, 0.29) is 0 Å². The summed E-state index contributed by atoms with van der Waals surface area (Å²) in [5.41, 5.74) is 1.09. The molecule has 1 N–H and O–H groups in total. The third-order valence-corrected chi connectivity index (χ3v) is 2.11. The van der Waals surface area contributed by atoms with Crippen molar-refractivity contribution < 1.29 is 14.2 Å². The third kappa shape index (κ3) is 2.53. The molecule has 0 saturated heterocycles. The first-order chi connectivity index (χ1) is 7.26. The molecule has 0 saturated carbocycles. The van der Waals surface area contributed by atoms with Crippen molar-refractivity contribution in [1.29, 1.82) is 0 Å². The summed E-state index contributed by atoms with van der Waals surface area (Å²) < 4.78 is 15.7. The smallest absolute Gasteiger partial charge is 0.203 e. The van der Waals surface area contributed by atoms with Crippen molar-refractivity contribution in [1.82, 2.24) is 5.32 Å². The van der Waals surface area contributed by atoms with Crippen molar-refractivity contribution >= 4 is 0 Å². The minimum Gasteiger partial charge on any atom is -0.493 e. The lowest BCUT2D eigenvalue weighted by Gasteiger charge is -2.13. The fraction of sp³-hybridized carbons (Fsp3) is 0.455. The summed E-state index contributed by atoms with van der Waals surface area (Å²) in [6.45, 7) is 0.761. The molecule has 1 aromatic carbocycles. The van der Waals surface area contributed by atoms with Gasteiger partial charge in [0.05, 0.1) is 21.3 Å². The van der Waals surface area contributed by atoms with E-state index in [4.69, 9.17) is 14.2 Å². The number of rotatable bonds is 5. The Labute approximate surface area is 90.1 Å². The van der Waals surface area contributed by atoms with Crippen LogP contribution in [0, 0.1) is 0 Å². The SMILES string of the molecule is CNCc1cc(OC)c(OC)c(OC)c1. The molecule has 0 radical (unpaired) electrons. The van der Waals surface area contributed by atoms with Crippen LogP contribution in [-0.2, 0) is 6.54 Å². The van der Waals surface area contributed by atoms with Gasteiger partial charge in [0.1, 0.15) is 0 Å². The van der Waals surface area contributed by atoms with Crippen molar-refractivity contribution in [2.24, 2.45) is 0 Å². The largest absolute Gasteiger partial charge is 0.493 e. The van der Waals surface area contributed by atoms with E-state index in [9.17, 15) is 0 Å². The van der Waals surface area contributed by atoms with E-state index in [2.05, 4.69) is 5.32 Å². The van der Waals surface area contributed by atoms with Gasteiger partial charge in [-0.1, -0.05) is 0 Å². The Bertz CT molecular complexity index is 301. The van der Waals surface area contributed by atoms with Gasteiger partial charge in [0.15, 0.2) is 11.5 Å². The van der Waals surface area contributed by atoms with Crippen LogP contribution in [0.3, 0.4) is 0 Å². The lowest BCUT2D eigenvalue weighted by molar-refractivity contribution is 0.323. The molecule has 0 fully saturated rings. The van der Waals surface area contributed by atoms with E-state index in [1.807, 2.05) is 19.2 Å². The summed E-state index contributed by atoms with van der Waals surface area (Å²) in [6.07, 6.45) is 0. The van der Waals surface area contributed by atoms with Crippen LogP contribution in [0.25, 0.3) is 0 Å². The van der Waals surface area contributed by atoms with Crippen LogP contribution in [0.15, 0.2) is 12.1 Å². The van der Waals surface area contributed by atoms with Crippen LogP contribution in [0.2, 0.25) is 0 Å². The van der Waals surface area contributed by atoms with E-state index in [1.54, 1.807) is 21.3 Å². The van der Waals surface area contributed by atoms with Gasteiger partial charge in [0, 0.05) is 6.54 Å². The van der Waals surface area contributed by atoms with Gasteiger partial charge in [0.2, 0.25) is 5.75 Å². The van der Waals surface area contributed by atoms with Crippen LogP contribution in [0.1, 0.15) is 5.56 Å². The maximum atomic E-state index is 5.23. The molecule has 0 heterocycles. The molecule has 1 rings (SSSR count). The summed E-state index contributed by atoms with van der Waals surface area (Å²) in [4.78, 5) is 0. The van der Waals surface area contributed by atoms with Crippen LogP contribution in [0.4, 0.5) is 0 Å². The monoisotopic (exact) mass is 211 g/mol. The van der Waals surface area contributed by atoms with Crippen molar-refractivity contribution in [3.8, 4) is 17.2 Å². The van der Waals surface area contributed by atoms with Crippen molar-refractivity contribution in [3.05, 3.63) is 17.7 Å². The molecular formula is C11H17NO3. The lowest BCUT2D eigenvalue weighted by atomic mass is 10.2. The van der Waals surface area contributed by atoms with Gasteiger partial charge in [-0.05, 0) is 24.7 Å². The lowest BCUT2D eigenvalue weighted by Crippen LogP contribution is -2.06. The summed E-state index contributed by atoms with van der Waals surface area (Å²) in [6, 6.07) is 3.86. The van der Waals surface area contributed by atoms with E-state index >= 15 is 0 Å². The summed E-state index contributed by atoms with van der Waals surface area (Å²) in [7, 11) is 6.71. The average Bonchev–Trinajstić information content (AvgIpc) is 2.28. The molecule has 0 aromatic heterocycles. The van der Waals surface area contributed by atoms with Crippen LogP contribution >= 0.6 is 0 Å². The second kappa shape index (κ2) is 5.46. The fourth-order valence-corrected chi connectivity index (χ4v) is 1.44. The quantitative estimate of drug-likeness (QED) is 0.799. The van der Waals surface area contributed by atoms with E-state index in [0.29, 0.717) is 17.2 Å². The first kappa shape index (κ1) is 11.7. The molecule has 0 aliphatic carbocycles. The third-order valence-electron chi connectivity index (χ3n) is 2.11. The first-order valence-electron chi connectivity index (χ1n) is 4.70. The molecule has 0 atom stereocenters. The Morgan fingerprint density at radius 2 is 1.53 bits per heavy atom. The molecule has 1 aromatic rings. The molecule has 0 amide bonds. The zero-order valence-electron chi connectivity index (χ0n) is 9.59. The van der Waals surface area contributed by atoms with Gasteiger partial charge in [-0.2, -0.15) is 0 Å². The van der Waals surface area contributed by atoms with Crippen LogP contribution < -0.4 is 19.5 Å². The normalized spacial score (nSPS) is 9.87. The Balaban J connectivity index is 3.16. The first-order valence-corrected chi connectivity index (χ1v) is 4.70. The minimum absolute atomic E-state index is 0.625. The number of hydrogen-bond donors (Lipinski definition) is 1. The van der Waals surface area contributed by atoms with Gasteiger partial charge in [-0.15, -0.1) is 0 Å². The Kier molecular flexibility index (Phi) is 4.24. The molecule has 4 heteroatoms. The van der Waals surface area contributed by atoms with Gasteiger partial charge in [-0.3, -0.25) is 0 Å². The standard InChI is InChI=1S/C11H17NO3/c1-12-7-8-5-9(13-2)11(15-4)10(6-8)14-3/h5-6,12H,7H2,1-4H3. The van der Waals surface area contributed by atoms with Gasteiger partial charge in [-0.25, -0.2) is 0 Å². The molecule has 15 heavy (non-hydrogen) atoms. The highest BCUT2D eigenvalue weighted by molar-refractivity contribution is 5.53. The Hall–Kier alpha value is -1.42. The molecule has 0 unspecified atom stereocenters. The summed E-state index contributed by atoms with van der Waals surface area (Å²) in [5.74, 6) is 1.99. The zero-order valence-corrected chi connectivity index (χ0v) is 9.59. The number of hydrogen-bond acceptors (Lipinski definition) is 4. The van der Waals surface area contributed by atoms with Crippen LogP contribution in [0.5, 0.6) is 17.2 Å². The zero-order chi connectivity index (χ0) is 11.3. The second-order valence-electron chi connectivity index (χ2n) is 3.06. The molecule has 84 valence electrons. The molecule has 4 nitrogen and oxygen atoms in total. The maximum Gasteiger partial charge on any atom is 0.203 e. The van der Waals surface area contributed by atoms with Crippen LogP contribution in [-0.4, -0.2) is 28.4 Å². The molecule has 0 aliphatic rings. The van der Waals surface area contributed by atoms with E-state index in [0.717, 1.165) is 12.1 Å². The highest BCUT2D eigenvalue weighted by Gasteiger charge is 2.12. The van der Waals surface area contributed by atoms with E-state index < -0.39 is 0 Å². The average molecular weight is 211 g/mol. The van der Waals surface area contributed by atoms with Crippen molar-refractivity contribution in [3.63, 3.8) is 0 Å². The molecule has 0 aliphatic heterocycles. The molecule has 0 bridgehead atoms. The maximum absolute atomic E-state index is 5.23.